The summed E-state index contributed by atoms with van der Waals surface area (Å²) in [6, 6.07) is 0. The number of hydrogen-bond acceptors (Lipinski definition) is 0. The van der Waals surface area contributed by atoms with Gasteiger partial charge in [-0.2, -0.15) is 0 Å². The molecule has 0 saturated heterocycles. The van der Waals surface area contributed by atoms with E-state index in [0.717, 1.165) is 12.0 Å². The van der Waals surface area contributed by atoms with Gasteiger partial charge < -0.3 is 0 Å². The quantitative estimate of drug-likeness (QED) is 0.345. The Morgan fingerprint density at radius 3 is 1.37 bits per heavy atom. The fourth-order valence-corrected chi connectivity index (χ4v) is 2.18. The molecular formula is C19H20Co2O6. The van der Waals surface area contributed by atoms with Crippen molar-refractivity contribution >= 4 is 0 Å². The van der Waals surface area contributed by atoms with E-state index in [4.69, 9.17) is 34.3 Å². The first-order chi connectivity index (χ1) is 12.2. The Labute approximate surface area is 183 Å². The fraction of sp³-hybridized carbons (Fsp3) is 0.474. The molecule has 0 aromatic rings. The summed E-state index contributed by atoms with van der Waals surface area (Å²) >= 11 is 0. The van der Waals surface area contributed by atoms with Crippen LogP contribution in [0.1, 0.15) is 51.9 Å². The first-order valence-electron chi connectivity index (χ1n) is 6.53. The summed E-state index contributed by atoms with van der Waals surface area (Å²) in [6.07, 6.45) is 14.5. The molecule has 0 atom stereocenters. The van der Waals surface area contributed by atoms with E-state index >= 15 is 0 Å². The Hall–Kier alpha value is -1.25. The molecule has 0 aromatic carbocycles. The summed E-state index contributed by atoms with van der Waals surface area (Å²) in [6.45, 7) is 33.3. The van der Waals surface area contributed by atoms with Crippen LogP contribution in [0.15, 0.2) is 12.2 Å². The summed E-state index contributed by atoms with van der Waals surface area (Å²) < 4.78 is 45.0. The second-order valence-corrected chi connectivity index (χ2v) is 4.62. The zero-order valence-corrected chi connectivity index (χ0v) is 16.9. The molecule has 2 radical (unpaired) electrons. The van der Waals surface area contributed by atoms with Gasteiger partial charge in [-0.3, -0.25) is 0 Å². The number of hydrogen-bond donors (Lipinski definition) is 0. The van der Waals surface area contributed by atoms with Crippen molar-refractivity contribution in [1.82, 2.24) is 0 Å². The molecule has 0 bridgehead atoms. The van der Waals surface area contributed by atoms with E-state index in [2.05, 4.69) is 59.3 Å². The van der Waals surface area contributed by atoms with E-state index in [-0.39, 0.29) is 33.6 Å². The van der Waals surface area contributed by atoms with Gasteiger partial charge in [0.15, 0.2) is 0 Å². The van der Waals surface area contributed by atoms with E-state index in [1.807, 2.05) is 0 Å². The Kier molecular flexibility index (Phi) is 104. The van der Waals surface area contributed by atoms with Crippen LogP contribution >= 0.6 is 0 Å². The third kappa shape index (κ3) is 45.7. The van der Waals surface area contributed by atoms with Crippen molar-refractivity contribution in [2.24, 2.45) is 5.41 Å². The van der Waals surface area contributed by atoms with Crippen molar-refractivity contribution in [3.63, 3.8) is 0 Å². The van der Waals surface area contributed by atoms with Gasteiger partial charge in [-0.05, 0) is 36.7 Å². The van der Waals surface area contributed by atoms with Crippen LogP contribution in [0.25, 0.3) is 0 Å². The molecule has 0 aliphatic heterocycles. The molecule has 1 aliphatic rings. The van der Waals surface area contributed by atoms with E-state index in [0.29, 0.717) is 5.41 Å². The topological polar surface area (TPSA) is 119 Å². The van der Waals surface area contributed by atoms with Crippen LogP contribution < -0.4 is 0 Å². The summed E-state index contributed by atoms with van der Waals surface area (Å²) in [7, 11) is 0. The molecule has 0 unspecified atom stereocenters. The normalized spacial score (nSPS) is 10.4. The van der Waals surface area contributed by atoms with Crippen LogP contribution in [0.3, 0.4) is 0 Å². The second-order valence-electron chi connectivity index (χ2n) is 4.62. The molecule has 150 valence electrons. The van der Waals surface area contributed by atoms with Crippen LogP contribution in [0, 0.1) is 57.7 Å². The van der Waals surface area contributed by atoms with Crippen molar-refractivity contribution < 1.29 is 61.5 Å². The molecule has 0 N–H and O–H groups in total. The zero-order chi connectivity index (χ0) is 21.7. The van der Waals surface area contributed by atoms with Crippen LogP contribution in [-0.4, -0.2) is 0 Å². The second kappa shape index (κ2) is 56.3. The third-order valence-corrected chi connectivity index (χ3v) is 3.30. The molecule has 1 saturated carbocycles. The van der Waals surface area contributed by atoms with Crippen molar-refractivity contribution in [2.45, 2.75) is 51.9 Å². The molecule has 0 aromatic heterocycles. The first-order valence-corrected chi connectivity index (χ1v) is 6.53. The van der Waals surface area contributed by atoms with Gasteiger partial charge in [-0.1, -0.05) is 38.7 Å². The first kappa shape index (κ1) is 50.1. The minimum absolute atomic E-state index is 0. The Bertz CT molecular complexity index is 400. The number of allylic oxidation sites excluding steroid dienone is 1. The van der Waals surface area contributed by atoms with Gasteiger partial charge in [0.25, 0.3) is 0 Å². The predicted molar refractivity (Wildman–Crippen MR) is 82.0 cm³/mol. The van der Waals surface area contributed by atoms with E-state index < -0.39 is 0 Å². The van der Waals surface area contributed by atoms with Crippen LogP contribution in [0.5, 0.6) is 0 Å². The van der Waals surface area contributed by atoms with Gasteiger partial charge in [-0.15, -0.1) is 6.42 Å². The number of rotatable bonds is 3. The van der Waals surface area contributed by atoms with Gasteiger partial charge >= 0.3 is 67.8 Å². The summed E-state index contributed by atoms with van der Waals surface area (Å²) in [5, 5.41) is 0. The Morgan fingerprint density at radius 2 is 1.11 bits per heavy atom. The average Bonchev–Trinajstić information content (AvgIpc) is 2.75. The SMILES string of the molecule is C#CC(=C)CCC1(C)CCCCC1.[C-]#[O+].[C-]#[O+].[C-]#[O+].[C-]#[O+].[C-]#[O+].[C-]#[O+].[Co].[Co]. The maximum atomic E-state index is 7.50. The maximum Gasteiger partial charge on any atom is 0 e. The molecule has 1 rings (SSSR count). The van der Waals surface area contributed by atoms with Crippen LogP contribution in [-0.2, 0) is 61.5 Å². The van der Waals surface area contributed by atoms with Gasteiger partial charge in [0.2, 0.25) is 0 Å². The van der Waals surface area contributed by atoms with Gasteiger partial charge in [0.1, 0.15) is 0 Å². The van der Waals surface area contributed by atoms with Gasteiger partial charge in [0.05, 0.1) is 0 Å². The molecule has 0 spiro atoms. The number of terminal acetylenes is 1. The van der Waals surface area contributed by atoms with E-state index in [1.165, 1.54) is 38.5 Å². The molecule has 1 fully saturated rings. The largest absolute Gasteiger partial charge is 0 e. The van der Waals surface area contributed by atoms with Crippen molar-refractivity contribution in [3.8, 4) is 12.3 Å². The Morgan fingerprint density at radius 1 is 0.815 bits per heavy atom. The fourth-order valence-electron chi connectivity index (χ4n) is 2.18. The van der Waals surface area contributed by atoms with Crippen molar-refractivity contribution in [3.05, 3.63) is 52.1 Å². The maximum absolute atomic E-state index is 7.50. The summed E-state index contributed by atoms with van der Waals surface area (Å²) in [5.74, 6) is 2.63. The Balaban J connectivity index is -0.0000000370. The zero-order valence-electron chi connectivity index (χ0n) is 14.9. The summed E-state index contributed by atoms with van der Waals surface area (Å²) in [5.41, 5.74) is 1.52. The molecule has 0 amide bonds. The minimum Gasteiger partial charge on any atom is 0 e. The molecule has 6 nitrogen and oxygen atoms in total. The standard InChI is InChI=1S/C13H20.6CO.2Co/c1-4-12(2)8-11-13(3)9-6-5-7-10-13;6*1-2;;/h1H,2,5-11H2,3H3;;;;;;;;. The molecule has 1 aliphatic carbocycles. The smallest absolute Gasteiger partial charge is 0 e. The van der Waals surface area contributed by atoms with E-state index in [9.17, 15) is 0 Å². The monoisotopic (exact) mass is 462 g/mol. The van der Waals surface area contributed by atoms with Gasteiger partial charge in [0, 0.05) is 33.6 Å². The molecule has 8 heteroatoms. The van der Waals surface area contributed by atoms with E-state index in [1.54, 1.807) is 0 Å². The van der Waals surface area contributed by atoms with Gasteiger partial charge in [-0.25, -0.2) is 0 Å². The van der Waals surface area contributed by atoms with Crippen molar-refractivity contribution in [1.29, 1.82) is 0 Å². The van der Waals surface area contributed by atoms with Crippen molar-refractivity contribution in [2.75, 3.05) is 0 Å². The molecule has 0 heterocycles. The average molecular weight is 462 g/mol. The predicted octanol–water partition coefficient (Wildman–Crippen LogP) is 3.70. The molecular weight excluding hydrogens is 442 g/mol. The van der Waals surface area contributed by atoms with Crippen LogP contribution in [0.2, 0.25) is 0 Å². The summed E-state index contributed by atoms with van der Waals surface area (Å²) in [4.78, 5) is 0. The van der Waals surface area contributed by atoms with Crippen LogP contribution in [0.4, 0.5) is 0 Å². The molecule has 27 heavy (non-hydrogen) atoms. The third-order valence-electron chi connectivity index (χ3n) is 3.30. The minimum atomic E-state index is 0.